The summed E-state index contributed by atoms with van der Waals surface area (Å²) in [6, 6.07) is 3.65. The molecule has 1 aliphatic rings. The van der Waals surface area contributed by atoms with Crippen molar-refractivity contribution in [2.45, 2.75) is 32.3 Å². The van der Waals surface area contributed by atoms with Crippen molar-refractivity contribution in [3.8, 4) is 0 Å². The molecule has 0 bridgehead atoms. The number of ether oxygens (including phenoxy) is 1. The monoisotopic (exact) mass is 277 g/mol. The standard InChI is InChI=1S/C15H23N3O2/c1-3-8-16-14-13(5-4-9-17-14)15(19)18-10-6-12(20-2)7-11-18/h4-5,9,12H,3,6-8,10-11H2,1-2H3,(H,16,17). The van der Waals surface area contributed by atoms with Gasteiger partial charge in [-0.2, -0.15) is 0 Å². The van der Waals surface area contributed by atoms with Gasteiger partial charge in [-0.3, -0.25) is 4.79 Å². The Hall–Kier alpha value is -1.62. The second-order valence-corrected chi connectivity index (χ2v) is 5.05. The smallest absolute Gasteiger partial charge is 0.257 e. The van der Waals surface area contributed by atoms with E-state index in [9.17, 15) is 4.79 Å². The number of pyridine rings is 1. The molecule has 0 aromatic carbocycles. The fraction of sp³-hybridized carbons (Fsp3) is 0.600. The molecule has 0 spiro atoms. The van der Waals surface area contributed by atoms with Crippen molar-refractivity contribution < 1.29 is 9.53 Å². The maximum atomic E-state index is 12.6. The van der Waals surface area contributed by atoms with Crippen molar-refractivity contribution in [3.05, 3.63) is 23.9 Å². The molecule has 0 saturated carbocycles. The maximum absolute atomic E-state index is 12.6. The molecule has 1 N–H and O–H groups in total. The number of aromatic nitrogens is 1. The summed E-state index contributed by atoms with van der Waals surface area (Å²) >= 11 is 0. The average Bonchev–Trinajstić information content (AvgIpc) is 2.52. The van der Waals surface area contributed by atoms with Gasteiger partial charge < -0.3 is 15.0 Å². The van der Waals surface area contributed by atoms with E-state index in [4.69, 9.17) is 4.74 Å². The van der Waals surface area contributed by atoms with Crippen molar-refractivity contribution in [3.63, 3.8) is 0 Å². The lowest BCUT2D eigenvalue weighted by Gasteiger charge is -2.31. The van der Waals surface area contributed by atoms with Crippen LogP contribution in [-0.4, -0.2) is 48.6 Å². The van der Waals surface area contributed by atoms with Gasteiger partial charge in [-0.1, -0.05) is 6.92 Å². The Bertz CT molecular complexity index is 442. The summed E-state index contributed by atoms with van der Waals surface area (Å²) in [4.78, 5) is 18.8. The van der Waals surface area contributed by atoms with E-state index < -0.39 is 0 Å². The van der Waals surface area contributed by atoms with Gasteiger partial charge in [0.15, 0.2) is 0 Å². The molecule has 2 heterocycles. The van der Waals surface area contributed by atoms with Gasteiger partial charge in [0.1, 0.15) is 5.82 Å². The molecule has 20 heavy (non-hydrogen) atoms. The van der Waals surface area contributed by atoms with Gasteiger partial charge in [-0.25, -0.2) is 4.98 Å². The lowest BCUT2D eigenvalue weighted by Crippen LogP contribution is -2.40. The van der Waals surface area contributed by atoms with Gasteiger partial charge in [-0.05, 0) is 31.4 Å². The van der Waals surface area contributed by atoms with Crippen LogP contribution in [0.2, 0.25) is 0 Å². The number of piperidine rings is 1. The number of nitrogens with zero attached hydrogens (tertiary/aromatic N) is 2. The van der Waals surface area contributed by atoms with Crippen LogP contribution in [0.15, 0.2) is 18.3 Å². The van der Waals surface area contributed by atoms with Crippen LogP contribution in [0.1, 0.15) is 36.5 Å². The van der Waals surface area contributed by atoms with Crippen LogP contribution in [0.3, 0.4) is 0 Å². The fourth-order valence-electron chi connectivity index (χ4n) is 2.43. The Kier molecular flexibility index (Phi) is 5.35. The molecule has 5 nitrogen and oxygen atoms in total. The van der Waals surface area contributed by atoms with Crippen LogP contribution < -0.4 is 5.32 Å². The molecule has 0 atom stereocenters. The van der Waals surface area contributed by atoms with E-state index >= 15 is 0 Å². The minimum absolute atomic E-state index is 0.0613. The van der Waals surface area contributed by atoms with Gasteiger partial charge >= 0.3 is 0 Å². The number of anilines is 1. The summed E-state index contributed by atoms with van der Waals surface area (Å²) in [7, 11) is 1.73. The molecular weight excluding hydrogens is 254 g/mol. The van der Waals surface area contributed by atoms with Gasteiger partial charge in [-0.15, -0.1) is 0 Å². The molecule has 1 amide bonds. The van der Waals surface area contributed by atoms with E-state index in [1.165, 1.54) is 0 Å². The third-order valence-electron chi connectivity index (χ3n) is 3.64. The zero-order valence-corrected chi connectivity index (χ0v) is 12.3. The van der Waals surface area contributed by atoms with Crippen molar-refractivity contribution in [2.75, 3.05) is 32.1 Å². The second kappa shape index (κ2) is 7.24. The van der Waals surface area contributed by atoms with Crippen LogP contribution in [0.4, 0.5) is 5.82 Å². The fourth-order valence-corrected chi connectivity index (χ4v) is 2.43. The molecule has 0 radical (unpaired) electrons. The van der Waals surface area contributed by atoms with E-state index in [0.29, 0.717) is 11.4 Å². The minimum Gasteiger partial charge on any atom is -0.381 e. The van der Waals surface area contributed by atoms with Crippen molar-refractivity contribution in [1.29, 1.82) is 0 Å². The van der Waals surface area contributed by atoms with Crippen molar-refractivity contribution in [2.24, 2.45) is 0 Å². The third-order valence-corrected chi connectivity index (χ3v) is 3.64. The number of methoxy groups -OCH3 is 1. The van der Waals surface area contributed by atoms with Crippen molar-refractivity contribution in [1.82, 2.24) is 9.88 Å². The highest BCUT2D eigenvalue weighted by molar-refractivity contribution is 5.98. The summed E-state index contributed by atoms with van der Waals surface area (Å²) in [5, 5.41) is 3.22. The normalized spacial score (nSPS) is 16.2. The Morgan fingerprint density at radius 3 is 2.90 bits per heavy atom. The van der Waals surface area contributed by atoms with Gasteiger partial charge in [0.2, 0.25) is 0 Å². The molecule has 5 heteroatoms. The van der Waals surface area contributed by atoms with Crippen LogP contribution in [0.25, 0.3) is 0 Å². The molecule has 0 aliphatic carbocycles. The lowest BCUT2D eigenvalue weighted by molar-refractivity contribution is 0.0351. The molecule has 1 aromatic heterocycles. The molecule has 0 unspecified atom stereocenters. The van der Waals surface area contributed by atoms with E-state index in [1.54, 1.807) is 13.3 Å². The second-order valence-electron chi connectivity index (χ2n) is 5.05. The first-order chi connectivity index (χ1) is 9.76. The van der Waals surface area contributed by atoms with Crippen LogP contribution >= 0.6 is 0 Å². The third kappa shape index (κ3) is 3.48. The number of likely N-dealkylation sites (tertiary alicyclic amines) is 1. The first kappa shape index (κ1) is 14.8. The molecule has 1 aromatic rings. The Balaban J connectivity index is 2.05. The van der Waals surface area contributed by atoms with E-state index in [1.807, 2.05) is 17.0 Å². The largest absolute Gasteiger partial charge is 0.381 e. The number of rotatable bonds is 5. The van der Waals surface area contributed by atoms with Gasteiger partial charge in [0.25, 0.3) is 5.91 Å². The molecule has 1 saturated heterocycles. The Morgan fingerprint density at radius 1 is 1.50 bits per heavy atom. The maximum Gasteiger partial charge on any atom is 0.257 e. The first-order valence-corrected chi connectivity index (χ1v) is 7.27. The average molecular weight is 277 g/mol. The van der Waals surface area contributed by atoms with E-state index in [0.717, 1.165) is 38.9 Å². The Morgan fingerprint density at radius 2 is 2.25 bits per heavy atom. The van der Waals surface area contributed by atoms with Crippen LogP contribution in [-0.2, 0) is 4.74 Å². The lowest BCUT2D eigenvalue weighted by atomic mass is 10.1. The van der Waals surface area contributed by atoms with E-state index in [-0.39, 0.29) is 12.0 Å². The molecule has 1 fully saturated rings. The quantitative estimate of drug-likeness (QED) is 0.896. The molecule has 110 valence electrons. The van der Waals surface area contributed by atoms with Crippen LogP contribution in [0.5, 0.6) is 0 Å². The number of carbonyl (C=O) groups is 1. The van der Waals surface area contributed by atoms with Crippen molar-refractivity contribution >= 4 is 11.7 Å². The summed E-state index contributed by atoms with van der Waals surface area (Å²) in [6.07, 6.45) is 4.81. The summed E-state index contributed by atoms with van der Waals surface area (Å²) in [6.45, 7) is 4.41. The highest BCUT2D eigenvalue weighted by atomic mass is 16.5. The summed E-state index contributed by atoms with van der Waals surface area (Å²) in [5.74, 6) is 0.750. The number of nitrogens with one attached hydrogen (secondary N) is 1. The number of hydrogen-bond acceptors (Lipinski definition) is 4. The molecular formula is C15H23N3O2. The SMILES string of the molecule is CCCNc1ncccc1C(=O)N1CCC(OC)CC1. The first-order valence-electron chi connectivity index (χ1n) is 7.27. The number of hydrogen-bond donors (Lipinski definition) is 1. The topological polar surface area (TPSA) is 54.5 Å². The number of carbonyl (C=O) groups excluding carboxylic acids is 1. The summed E-state index contributed by atoms with van der Waals surface area (Å²) < 4.78 is 5.34. The molecule has 2 rings (SSSR count). The predicted octanol–water partition coefficient (Wildman–Crippen LogP) is 2.15. The highest BCUT2D eigenvalue weighted by Gasteiger charge is 2.25. The number of amides is 1. The van der Waals surface area contributed by atoms with Gasteiger partial charge in [0.05, 0.1) is 11.7 Å². The zero-order chi connectivity index (χ0) is 14.4. The Labute approximate surface area is 120 Å². The zero-order valence-electron chi connectivity index (χ0n) is 12.3. The van der Waals surface area contributed by atoms with Gasteiger partial charge in [0, 0.05) is 32.9 Å². The predicted molar refractivity (Wildman–Crippen MR) is 79.0 cm³/mol. The molecule has 1 aliphatic heterocycles. The van der Waals surface area contributed by atoms with Crippen LogP contribution in [0, 0.1) is 0 Å². The minimum atomic E-state index is 0.0613. The summed E-state index contributed by atoms with van der Waals surface area (Å²) in [5.41, 5.74) is 0.664. The highest BCUT2D eigenvalue weighted by Crippen LogP contribution is 2.19. The van der Waals surface area contributed by atoms with E-state index in [2.05, 4.69) is 17.2 Å².